The van der Waals surface area contributed by atoms with Gasteiger partial charge in [0.2, 0.25) is 5.78 Å². The minimum atomic E-state index is -0.520. The zero-order valence-electron chi connectivity index (χ0n) is 16.9. The average molecular weight is 380 g/mol. The Kier molecular flexibility index (Phi) is 6.39. The fraction of sp³-hybridized carbons (Fsp3) is 0.455. The van der Waals surface area contributed by atoms with Crippen LogP contribution in [0.4, 0.5) is 0 Å². The van der Waals surface area contributed by atoms with E-state index >= 15 is 0 Å². The fourth-order valence-corrected chi connectivity index (χ4v) is 3.73. The zero-order chi connectivity index (χ0) is 20.1. The number of Topliss-reactive ketones (excluding diaryl/α,β-unsaturated/α-hetero) is 1. The SMILES string of the molecule is CCCN1CN(CCC)C(C(=O)C=O)=C2N=C([C@@H](C)Cc3ccccc3)N=C21. The first-order valence-corrected chi connectivity index (χ1v) is 10.0. The highest BCUT2D eigenvalue weighted by atomic mass is 16.2. The summed E-state index contributed by atoms with van der Waals surface area (Å²) in [5.74, 6) is 1.05. The largest absolute Gasteiger partial charge is 0.349 e. The highest BCUT2D eigenvalue weighted by Crippen LogP contribution is 2.29. The van der Waals surface area contributed by atoms with Crippen LogP contribution in [0.1, 0.15) is 39.2 Å². The van der Waals surface area contributed by atoms with Gasteiger partial charge in [0, 0.05) is 19.0 Å². The van der Waals surface area contributed by atoms with E-state index in [9.17, 15) is 9.59 Å². The Balaban J connectivity index is 1.98. The minimum absolute atomic E-state index is 0.115. The molecule has 0 spiro atoms. The molecular weight excluding hydrogens is 352 g/mol. The number of rotatable bonds is 9. The van der Waals surface area contributed by atoms with Crippen LogP contribution in [-0.4, -0.2) is 53.3 Å². The van der Waals surface area contributed by atoms with Crippen molar-refractivity contribution in [2.24, 2.45) is 15.9 Å². The van der Waals surface area contributed by atoms with Crippen molar-refractivity contribution in [1.82, 2.24) is 9.80 Å². The van der Waals surface area contributed by atoms with Crippen LogP contribution in [0, 0.1) is 5.92 Å². The van der Waals surface area contributed by atoms with Crippen molar-refractivity contribution in [3.63, 3.8) is 0 Å². The van der Waals surface area contributed by atoms with Crippen molar-refractivity contribution in [2.75, 3.05) is 19.8 Å². The highest BCUT2D eigenvalue weighted by Gasteiger charge is 2.36. The number of carbonyl (C=O) groups excluding carboxylic acids is 2. The molecule has 1 aromatic rings. The number of benzene rings is 1. The number of fused-ring (bicyclic) bond motifs is 1. The summed E-state index contributed by atoms with van der Waals surface area (Å²) in [6.07, 6.45) is 3.07. The predicted molar refractivity (Wildman–Crippen MR) is 111 cm³/mol. The van der Waals surface area contributed by atoms with Gasteiger partial charge in [-0.2, -0.15) is 0 Å². The molecule has 2 aliphatic heterocycles. The molecule has 148 valence electrons. The number of aldehydes is 1. The summed E-state index contributed by atoms with van der Waals surface area (Å²) in [4.78, 5) is 37.4. The van der Waals surface area contributed by atoms with Gasteiger partial charge >= 0.3 is 0 Å². The molecular formula is C22H28N4O2. The summed E-state index contributed by atoms with van der Waals surface area (Å²) in [6, 6.07) is 10.2. The van der Waals surface area contributed by atoms with Crippen LogP contribution in [0.3, 0.4) is 0 Å². The lowest BCUT2D eigenvalue weighted by molar-refractivity contribution is -0.128. The molecule has 0 radical (unpaired) electrons. The summed E-state index contributed by atoms with van der Waals surface area (Å²) >= 11 is 0. The standard InChI is InChI=1S/C22H28N4O2/c1-4-11-25-15-26(12-5-2)22-19(20(25)18(28)14-27)23-21(24-22)16(3)13-17-9-7-6-8-10-17/h6-10,14,16H,4-5,11-13,15H2,1-3H3/t16-/m0/s1. The van der Waals surface area contributed by atoms with Crippen LogP contribution >= 0.6 is 0 Å². The molecule has 6 nitrogen and oxygen atoms in total. The first-order valence-electron chi connectivity index (χ1n) is 10.0. The molecule has 2 aliphatic rings. The molecule has 6 heteroatoms. The van der Waals surface area contributed by atoms with Gasteiger partial charge in [0.1, 0.15) is 17.2 Å². The molecule has 2 heterocycles. The van der Waals surface area contributed by atoms with E-state index < -0.39 is 5.78 Å². The van der Waals surface area contributed by atoms with Crippen molar-refractivity contribution in [2.45, 2.75) is 40.0 Å². The Hall–Kier alpha value is -2.76. The third kappa shape index (κ3) is 4.06. The lowest BCUT2D eigenvalue weighted by atomic mass is 10.0. The second-order valence-corrected chi connectivity index (χ2v) is 7.34. The van der Waals surface area contributed by atoms with E-state index in [4.69, 9.17) is 9.98 Å². The van der Waals surface area contributed by atoms with E-state index in [0.29, 0.717) is 30.9 Å². The number of aliphatic imine (C=N–C) groups is 2. The molecule has 0 saturated heterocycles. The lowest BCUT2D eigenvalue weighted by Gasteiger charge is -2.38. The van der Waals surface area contributed by atoms with Crippen molar-refractivity contribution < 1.29 is 9.59 Å². The quantitative estimate of drug-likeness (QED) is 0.488. The van der Waals surface area contributed by atoms with E-state index in [2.05, 4.69) is 37.8 Å². The summed E-state index contributed by atoms with van der Waals surface area (Å²) in [7, 11) is 0. The van der Waals surface area contributed by atoms with Crippen molar-refractivity contribution >= 4 is 23.7 Å². The number of hydrogen-bond donors (Lipinski definition) is 0. The zero-order valence-corrected chi connectivity index (χ0v) is 16.9. The number of nitrogens with zero attached hydrogens (tertiary/aromatic N) is 4. The Bertz CT molecular complexity index is 826. The third-order valence-corrected chi connectivity index (χ3v) is 4.99. The number of carbonyl (C=O) groups is 2. The third-order valence-electron chi connectivity index (χ3n) is 4.99. The Labute approximate surface area is 166 Å². The van der Waals surface area contributed by atoms with Gasteiger partial charge in [-0.25, -0.2) is 9.98 Å². The van der Waals surface area contributed by atoms with Gasteiger partial charge < -0.3 is 9.80 Å². The van der Waals surface area contributed by atoms with Gasteiger partial charge in [-0.15, -0.1) is 0 Å². The van der Waals surface area contributed by atoms with Gasteiger partial charge in [-0.3, -0.25) is 9.59 Å². The van der Waals surface area contributed by atoms with Crippen molar-refractivity contribution in [1.29, 1.82) is 0 Å². The second kappa shape index (κ2) is 8.95. The normalized spacial score (nSPS) is 17.2. The Morgan fingerprint density at radius 3 is 2.43 bits per heavy atom. The smallest absolute Gasteiger partial charge is 0.243 e. The summed E-state index contributed by atoms with van der Waals surface area (Å²) < 4.78 is 0. The predicted octanol–water partition coefficient (Wildman–Crippen LogP) is 3.05. The summed E-state index contributed by atoms with van der Waals surface area (Å²) in [6.45, 7) is 8.39. The fourth-order valence-electron chi connectivity index (χ4n) is 3.73. The maximum atomic E-state index is 12.4. The Morgan fingerprint density at radius 1 is 1.11 bits per heavy atom. The van der Waals surface area contributed by atoms with Crippen LogP contribution in [0.15, 0.2) is 51.7 Å². The van der Waals surface area contributed by atoms with Gasteiger partial charge in [0.25, 0.3) is 0 Å². The van der Waals surface area contributed by atoms with Crippen LogP contribution in [0.25, 0.3) is 0 Å². The Morgan fingerprint density at radius 2 is 1.79 bits per heavy atom. The minimum Gasteiger partial charge on any atom is -0.349 e. The average Bonchev–Trinajstić information content (AvgIpc) is 3.14. The van der Waals surface area contributed by atoms with E-state index in [-0.39, 0.29) is 5.92 Å². The van der Waals surface area contributed by atoms with Crippen LogP contribution in [0.2, 0.25) is 0 Å². The first kappa shape index (κ1) is 20.0. The maximum absolute atomic E-state index is 12.4. The molecule has 3 rings (SSSR count). The van der Waals surface area contributed by atoms with Gasteiger partial charge in [-0.1, -0.05) is 51.1 Å². The van der Waals surface area contributed by atoms with E-state index in [1.54, 1.807) is 0 Å². The molecule has 0 unspecified atom stereocenters. The van der Waals surface area contributed by atoms with E-state index in [1.165, 1.54) is 5.56 Å². The second-order valence-electron chi connectivity index (χ2n) is 7.34. The van der Waals surface area contributed by atoms with E-state index in [1.807, 2.05) is 23.1 Å². The molecule has 0 aliphatic carbocycles. The van der Waals surface area contributed by atoms with Crippen LogP contribution in [0.5, 0.6) is 0 Å². The topological polar surface area (TPSA) is 65.3 Å². The van der Waals surface area contributed by atoms with Crippen LogP contribution < -0.4 is 0 Å². The molecule has 28 heavy (non-hydrogen) atoms. The summed E-state index contributed by atoms with van der Waals surface area (Å²) in [5.41, 5.74) is 2.17. The molecule has 1 aromatic carbocycles. The first-order chi connectivity index (χ1) is 13.6. The molecule has 0 saturated carbocycles. The van der Waals surface area contributed by atoms with Gasteiger partial charge in [0.15, 0.2) is 12.1 Å². The number of amidine groups is 2. The van der Waals surface area contributed by atoms with Gasteiger partial charge in [0.05, 0.1) is 6.67 Å². The number of hydrogen-bond acceptors (Lipinski definition) is 6. The molecule has 0 aromatic heterocycles. The molecule has 0 amide bonds. The number of allylic oxidation sites excluding steroid dienone is 1. The van der Waals surface area contributed by atoms with E-state index in [0.717, 1.165) is 37.5 Å². The molecule has 1 atom stereocenters. The monoisotopic (exact) mass is 380 g/mol. The highest BCUT2D eigenvalue weighted by molar-refractivity contribution is 6.35. The molecule has 0 N–H and O–H groups in total. The molecule has 0 fully saturated rings. The number of ketones is 1. The van der Waals surface area contributed by atoms with Gasteiger partial charge in [-0.05, 0) is 24.8 Å². The summed E-state index contributed by atoms with van der Waals surface area (Å²) in [5, 5.41) is 0. The maximum Gasteiger partial charge on any atom is 0.243 e. The molecule has 0 bridgehead atoms. The van der Waals surface area contributed by atoms with Crippen molar-refractivity contribution in [3.05, 3.63) is 47.3 Å². The van der Waals surface area contributed by atoms with Crippen molar-refractivity contribution in [3.8, 4) is 0 Å². The lowest BCUT2D eigenvalue weighted by Crippen LogP contribution is -2.48. The van der Waals surface area contributed by atoms with Crippen LogP contribution in [-0.2, 0) is 16.0 Å².